The van der Waals surface area contributed by atoms with E-state index in [0.29, 0.717) is 0 Å². The van der Waals surface area contributed by atoms with Crippen molar-refractivity contribution < 1.29 is 0 Å². The van der Waals surface area contributed by atoms with Crippen molar-refractivity contribution >= 4 is 0 Å². The molecule has 0 aliphatic heterocycles. The first-order chi connectivity index (χ1) is 9.24. The summed E-state index contributed by atoms with van der Waals surface area (Å²) >= 11 is 0. The van der Waals surface area contributed by atoms with Gasteiger partial charge in [-0.3, -0.25) is 0 Å². The Kier molecular flexibility index (Phi) is 4.75. The molecule has 0 atom stereocenters. The van der Waals surface area contributed by atoms with Crippen molar-refractivity contribution in [3.05, 3.63) is 59.2 Å². The van der Waals surface area contributed by atoms with Gasteiger partial charge in [0.15, 0.2) is 0 Å². The second kappa shape index (κ2) is 6.53. The second-order valence-corrected chi connectivity index (χ2v) is 4.99. The third-order valence-corrected chi connectivity index (χ3v) is 3.48. The molecule has 0 saturated heterocycles. The Morgan fingerprint density at radius 2 is 1.84 bits per heavy atom. The Labute approximate surface area is 116 Å². The summed E-state index contributed by atoms with van der Waals surface area (Å²) < 4.78 is 0. The van der Waals surface area contributed by atoms with Crippen LogP contribution in [-0.4, -0.2) is 6.54 Å². The minimum absolute atomic E-state index is 0.933. The topological polar surface area (TPSA) is 12.0 Å². The molecule has 1 heteroatoms. The number of nitrogens with one attached hydrogen (secondary N) is 1. The van der Waals surface area contributed by atoms with Crippen LogP contribution in [0.15, 0.2) is 42.5 Å². The number of benzene rings is 2. The van der Waals surface area contributed by atoms with E-state index in [-0.39, 0.29) is 0 Å². The third kappa shape index (κ3) is 3.45. The van der Waals surface area contributed by atoms with Gasteiger partial charge in [-0.1, -0.05) is 61.9 Å². The molecule has 100 valence electrons. The molecule has 0 amide bonds. The summed E-state index contributed by atoms with van der Waals surface area (Å²) in [6, 6.07) is 15.6. The van der Waals surface area contributed by atoms with E-state index in [9.17, 15) is 0 Å². The highest BCUT2D eigenvalue weighted by Crippen LogP contribution is 2.26. The molecule has 1 N–H and O–H groups in total. The Balaban J connectivity index is 2.43. The molecule has 2 aromatic rings. The molecule has 0 heterocycles. The zero-order chi connectivity index (χ0) is 13.7. The summed E-state index contributed by atoms with van der Waals surface area (Å²) in [5.74, 6) is 0. The largest absolute Gasteiger partial charge is 0.313 e. The van der Waals surface area contributed by atoms with Gasteiger partial charge in [0.1, 0.15) is 0 Å². The predicted molar refractivity (Wildman–Crippen MR) is 83.4 cm³/mol. The molecule has 0 spiro atoms. The number of rotatable bonds is 5. The summed E-state index contributed by atoms with van der Waals surface area (Å²) in [6.45, 7) is 8.44. The Morgan fingerprint density at radius 3 is 2.58 bits per heavy atom. The minimum atomic E-state index is 0.933. The van der Waals surface area contributed by atoms with Gasteiger partial charge in [0, 0.05) is 6.54 Å². The van der Waals surface area contributed by atoms with Crippen molar-refractivity contribution in [3.63, 3.8) is 0 Å². The van der Waals surface area contributed by atoms with E-state index in [0.717, 1.165) is 19.5 Å². The van der Waals surface area contributed by atoms with Crippen LogP contribution in [-0.2, 0) is 13.0 Å². The molecule has 2 rings (SSSR count). The van der Waals surface area contributed by atoms with Crippen LogP contribution in [0.2, 0.25) is 0 Å². The summed E-state index contributed by atoms with van der Waals surface area (Å²) in [5.41, 5.74) is 6.78. The molecule has 0 bridgehead atoms. The van der Waals surface area contributed by atoms with Crippen LogP contribution in [0.25, 0.3) is 11.1 Å². The predicted octanol–water partition coefficient (Wildman–Crippen LogP) is 4.33. The van der Waals surface area contributed by atoms with E-state index in [1.165, 1.54) is 27.8 Å². The quantitative estimate of drug-likeness (QED) is 0.836. The fourth-order valence-corrected chi connectivity index (χ4v) is 2.33. The van der Waals surface area contributed by atoms with Crippen molar-refractivity contribution in [2.75, 3.05) is 6.54 Å². The van der Waals surface area contributed by atoms with Gasteiger partial charge < -0.3 is 5.32 Å². The van der Waals surface area contributed by atoms with Crippen molar-refractivity contribution in [2.45, 2.75) is 33.7 Å². The average molecular weight is 253 g/mol. The van der Waals surface area contributed by atoms with Crippen LogP contribution >= 0.6 is 0 Å². The van der Waals surface area contributed by atoms with Gasteiger partial charge in [-0.15, -0.1) is 0 Å². The maximum Gasteiger partial charge on any atom is 0.0211 e. The van der Waals surface area contributed by atoms with Crippen LogP contribution in [0.1, 0.15) is 30.5 Å². The van der Waals surface area contributed by atoms with E-state index in [1.807, 2.05) is 0 Å². The van der Waals surface area contributed by atoms with Crippen molar-refractivity contribution in [1.82, 2.24) is 5.32 Å². The highest BCUT2D eigenvalue weighted by molar-refractivity contribution is 5.68. The molecule has 0 aromatic heterocycles. The van der Waals surface area contributed by atoms with E-state index in [2.05, 4.69) is 68.6 Å². The van der Waals surface area contributed by atoms with E-state index >= 15 is 0 Å². The van der Waals surface area contributed by atoms with Crippen molar-refractivity contribution in [2.24, 2.45) is 0 Å². The van der Waals surface area contributed by atoms with E-state index in [4.69, 9.17) is 0 Å². The van der Waals surface area contributed by atoms with Gasteiger partial charge >= 0.3 is 0 Å². The standard InChI is InChI=1S/C18H23N/c1-4-15-7-6-8-16(12-15)18-11-14(3)9-10-17(18)13-19-5-2/h6-12,19H,4-5,13H2,1-3H3. The van der Waals surface area contributed by atoms with Crippen LogP contribution in [0.5, 0.6) is 0 Å². The average Bonchev–Trinajstić information content (AvgIpc) is 2.46. The zero-order valence-corrected chi connectivity index (χ0v) is 12.2. The molecular formula is C18H23N. The van der Waals surface area contributed by atoms with Gasteiger partial charge in [-0.25, -0.2) is 0 Å². The zero-order valence-electron chi connectivity index (χ0n) is 12.2. The fourth-order valence-electron chi connectivity index (χ4n) is 2.33. The minimum Gasteiger partial charge on any atom is -0.313 e. The number of hydrogen-bond acceptors (Lipinski definition) is 1. The lowest BCUT2D eigenvalue weighted by molar-refractivity contribution is 0.728. The summed E-state index contributed by atoms with van der Waals surface area (Å²) in [7, 11) is 0. The van der Waals surface area contributed by atoms with Crippen LogP contribution < -0.4 is 5.32 Å². The second-order valence-electron chi connectivity index (χ2n) is 4.99. The lowest BCUT2D eigenvalue weighted by Crippen LogP contribution is -2.12. The van der Waals surface area contributed by atoms with E-state index < -0.39 is 0 Å². The fraction of sp³-hybridized carbons (Fsp3) is 0.333. The van der Waals surface area contributed by atoms with Gasteiger partial charge in [0.05, 0.1) is 0 Å². The maximum atomic E-state index is 3.42. The molecule has 0 radical (unpaired) electrons. The first kappa shape index (κ1) is 13.8. The number of aryl methyl sites for hydroxylation is 2. The maximum absolute atomic E-state index is 3.42. The van der Waals surface area contributed by atoms with Crippen molar-refractivity contribution in [1.29, 1.82) is 0 Å². The Bertz CT molecular complexity index is 543. The normalized spacial score (nSPS) is 10.7. The lowest BCUT2D eigenvalue weighted by atomic mass is 9.96. The van der Waals surface area contributed by atoms with Crippen molar-refractivity contribution in [3.8, 4) is 11.1 Å². The van der Waals surface area contributed by atoms with Gasteiger partial charge in [0.25, 0.3) is 0 Å². The molecule has 0 unspecified atom stereocenters. The molecule has 1 nitrogen and oxygen atoms in total. The highest BCUT2D eigenvalue weighted by Gasteiger charge is 2.05. The third-order valence-electron chi connectivity index (χ3n) is 3.48. The molecule has 0 saturated carbocycles. The van der Waals surface area contributed by atoms with Crippen LogP contribution in [0.3, 0.4) is 0 Å². The molecule has 2 aromatic carbocycles. The van der Waals surface area contributed by atoms with Gasteiger partial charge in [0.2, 0.25) is 0 Å². The molecular weight excluding hydrogens is 230 g/mol. The number of hydrogen-bond donors (Lipinski definition) is 1. The Morgan fingerprint density at radius 1 is 1.00 bits per heavy atom. The summed E-state index contributed by atoms with van der Waals surface area (Å²) in [4.78, 5) is 0. The highest BCUT2D eigenvalue weighted by atomic mass is 14.8. The van der Waals surface area contributed by atoms with Crippen LogP contribution in [0.4, 0.5) is 0 Å². The molecule has 0 aliphatic carbocycles. The SMILES string of the molecule is CCNCc1ccc(C)cc1-c1cccc(CC)c1. The first-order valence-electron chi connectivity index (χ1n) is 7.14. The van der Waals surface area contributed by atoms with E-state index in [1.54, 1.807) is 0 Å². The van der Waals surface area contributed by atoms with Gasteiger partial charge in [-0.2, -0.15) is 0 Å². The monoisotopic (exact) mass is 253 g/mol. The first-order valence-corrected chi connectivity index (χ1v) is 7.14. The smallest absolute Gasteiger partial charge is 0.0211 e. The lowest BCUT2D eigenvalue weighted by Gasteiger charge is -2.12. The molecule has 0 fully saturated rings. The Hall–Kier alpha value is -1.60. The summed E-state index contributed by atoms with van der Waals surface area (Å²) in [6.07, 6.45) is 1.09. The summed E-state index contributed by atoms with van der Waals surface area (Å²) in [5, 5.41) is 3.42. The van der Waals surface area contributed by atoms with Crippen LogP contribution in [0, 0.1) is 6.92 Å². The molecule has 19 heavy (non-hydrogen) atoms. The van der Waals surface area contributed by atoms with Gasteiger partial charge in [-0.05, 0) is 42.1 Å². The molecule has 0 aliphatic rings.